The highest BCUT2D eigenvalue weighted by Crippen LogP contribution is 2.42. The third kappa shape index (κ3) is 2.82. The molecule has 0 aliphatic carbocycles. The summed E-state index contributed by atoms with van der Waals surface area (Å²) < 4.78 is 10.1. The molecule has 0 heterocycles. The van der Waals surface area contributed by atoms with Crippen LogP contribution in [0.2, 0.25) is 10.0 Å². The lowest BCUT2D eigenvalue weighted by atomic mass is 10.1. The number of hydrogen-bond acceptors (Lipinski definition) is 4. The Morgan fingerprint density at radius 3 is 2.44 bits per heavy atom. The van der Waals surface area contributed by atoms with E-state index in [2.05, 4.69) is 0 Å². The van der Waals surface area contributed by atoms with E-state index in [1.807, 2.05) is 0 Å². The monoisotopic (exact) mass is 291 g/mol. The van der Waals surface area contributed by atoms with Crippen molar-refractivity contribution in [2.24, 2.45) is 0 Å². The third-order valence-electron chi connectivity index (χ3n) is 2.30. The van der Waals surface area contributed by atoms with Crippen LogP contribution in [0.5, 0.6) is 5.75 Å². The summed E-state index contributed by atoms with van der Waals surface area (Å²) in [6.45, 7) is 2.02. The summed E-state index contributed by atoms with van der Waals surface area (Å²) >= 11 is 12.2. The van der Waals surface area contributed by atoms with Crippen molar-refractivity contribution in [3.05, 3.63) is 21.7 Å². The van der Waals surface area contributed by atoms with Crippen LogP contribution in [0.15, 0.2) is 6.07 Å². The number of anilines is 1. The van der Waals surface area contributed by atoms with Gasteiger partial charge in [-0.25, -0.2) is 4.79 Å². The molecule has 0 aliphatic heterocycles. The Labute approximate surface area is 116 Å². The maximum absolute atomic E-state index is 11.9. The molecule has 6 heteroatoms. The van der Waals surface area contributed by atoms with Gasteiger partial charge >= 0.3 is 5.97 Å². The first-order valence-electron chi connectivity index (χ1n) is 5.34. The van der Waals surface area contributed by atoms with E-state index in [4.69, 9.17) is 32.7 Å². The van der Waals surface area contributed by atoms with Gasteiger partial charge in [0.2, 0.25) is 0 Å². The number of ether oxygens (including phenoxy) is 2. The van der Waals surface area contributed by atoms with Crippen LogP contribution in [0.3, 0.4) is 0 Å². The van der Waals surface area contributed by atoms with Gasteiger partial charge in [0.05, 0.1) is 30.0 Å². The highest BCUT2D eigenvalue weighted by molar-refractivity contribution is 6.40. The Hall–Kier alpha value is -1.13. The zero-order valence-electron chi connectivity index (χ0n) is 10.7. The fourth-order valence-corrected chi connectivity index (χ4v) is 2.36. The van der Waals surface area contributed by atoms with Gasteiger partial charge in [-0.3, -0.25) is 0 Å². The van der Waals surface area contributed by atoms with Gasteiger partial charge in [0.1, 0.15) is 5.02 Å². The van der Waals surface area contributed by atoms with Crippen molar-refractivity contribution in [2.45, 2.75) is 6.92 Å². The molecule has 0 amide bonds. The van der Waals surface area contributed by atoms with Gasteiger partial charge in [-0.15, -0.1) is 0 Å². The summed E-state index contributed by atoms with van der Waals surface area (Å²) in [6.07, 6.45) is 0. The van der Waals surface area contributed by atoms with Gasteiger partial charge in [0.25, 0.3) is 0 Å². The predicted molar refractivity (Wildman–Crippen MR) is 73.3 cm³/mol. The topological polar surface area (TPSA) is 38.8 Å². The van der Waals surface area contributed by atoms with Gasteiger partial charge in [-0.1, -0.05) is 23.2 Å². The molecule has 0 saturated carbocycles. The SMILES string of the molecule is CCOC(=O)c1cc(Cl)c(OC)c(Cl)c1N(C)C. The molecule has 0 unspecified atom stereocenters. The molecule has 4 nitrogen and oxygen atoms in total. The zero-order valence-corrected chi connectivity index (χ0v) is 12.2. The predicted octanol–water partition coefficient (Wildman–Crippen LogP) is 3.24. The molecule has 0 saturated heterocycles. The molecule has 0 aliphatic rings. The molecule has 0 fully saturated rings. The number of rotatable bonds is 4. The number of carbonyl (C=O) groups is 1. The molecular weight excluding hydrogens is 277 g/mol. The molecule has 18 heavy (non-hydrogen) atoms. The first kappa shape index (κ1) is 14.9. The first-order valence-corrected chi connectivity index (χ1v) is 6.10. The second-order valence-electron chi connectivity index (χ2n) is 3.72. The van der Waals surface area contributed by atoms with E-state index >= 15 is 0 Å². The maximum atomic E-state index is 11.9. The molecule has 0 bridgehead atoms. The van der Waals surface area contributed by atoms with Crippen LogP contribution >= 0.6 is 23.2 Å². The molecule has 1 rings (SSSR count). The number of esters is 1. The minimum atomic E-state index is -0.465. The Kier molecular flexibility index (Phi) is 5.11. The molecule has 0 spiro atoms. The Morgan fingerprint density at radius 1 is 1.39 bits per heavy atom. The summed E-state index contributed by atoms with van der Waals surface area (Å²) in [5.41, 5.74) is 0.842. The van der Waals surface area contributed by atoms with Crippen LogP contribution in [0.1, 0.15) is 17.3 Å². The number of nitrogens with zero attached hydrogens (tertiary/aromatic N) is 1. The van der Waals surface area contributed by atoms with Crippen LogP contribution in [-0.2, 0) is 4.74 Å². The van der Waals surface area contributed by atoms with Crippen LogP contribution < -0.4 is 9.64 Å². The van der Waals surface area contributed by atoms with Crippen molar-refractivity contribution < 1.29 is 14.3 Å². The molecule has 0 radical (unpaired) electrons. The molecule has 1 aromatic carbocycles. The van der Waals surface area contributed by atoms with Crippen molar-refractivity contribution in [1.82, 2.24) is 0 Å². The van der Waals surface area contributed by atoms with Crippen LogP contribution in [0, 0.1) is 0 Å². The first-order chi connectivity index (χ1) is 8.43. The van der Waals surface area contributed by atoms with E-state index in [0.717, 1.165) is 0 Å². The second-order valence-corrected chi connectivity index (χ2v) is 4.50. The van der Waals surface area contributed by atoms with Gasteiger partial charge < -0.3 is 14.4 Å². The quantitative estimate of drug-likeness (QED) is 0.799. The largest absolute Gasteiger partial charge is 0.494 e. The lowest BCUT2D eigenvalue weighted by Crippen LogP contribution is -2.16. The maximum Gasteiger partial charge on any atom is 0.340 e. The average molecular weight is 292 g/mol. The van der Waals surface area contributed by atoms with Gasteiger partial charge in [-0.05, 0) is 13.0 Å². The van der Waals surface area contributed by atoms with E-state index < -0.39 is 5.97 Å². The summed E-state index contributed by atoms with van der Waals surface area (Å²) in [7, 11) is 5.02. The van der Waals surface area contributed by atoms with Crippen LogP contribution in [-0.4, -0.2) is 33.8 Å². The fraction of sp³-hybridized carbons (Fsp3) is 0.417. The standard InChI is InChI=1S/C12H15Cl2NO3/c1-5-18-12(16)7-6-8(13)11(17-4)9(14)10(7)15(2)3/h6H,5H2,1-4H3. The van der Waals surface area contributed by atoms with E-state index in [1.165, 1.54) is 13.2 Å². The Morgan fingerprint density at radius 2 is 2.00 bits per heavy atom. The fourth-order valence-electron chi connectivity index (χ4n) is 1.58. The van der Waals surface area contributed by atoms with E-state index in [9.17, 15) is 4.79 Å². The van der Waals surface area contributed by atoms with Crippen molar-refractivity contribution in [2.75, 3.05) is 32.7 Å². The summed E-state index contributed by atoms with van der Waals surface area (Å²) in [4.78, 5) is 13.6. The zero-order chi connectivity index (χ0) is 13.9. The normalized spacial score (nSPS) is 10.1. The number of methoxy groups -OCH3 is 1. The van der Waals surface area contributed by atoms with E-state index in [1.54, 1.807) is 25.9 Å². The number of benzene rings is 1. The smallest absolute Gasteiger partial charge is 0.340 e. The van der Waals surface area contributed by atoms with Crippen molar-refractivity contribution in [3.63, 3.8) is 0 Å². The molecule has 0 N–H and O–H groups in total. The molecular formula is C12H15Cl2NO3. The van der Waals surface area contributed by atoms with Gasteiger partial charge in [-0.2, -0.15) is 0 Å². The average Bonchev–Trinajstić information content (AvgIpc) is 2.28. The highest BCUT2D eigenvalue weighted by atomic mass is 35.5. The minimum Gasteiger partial charge on any atom is -0.494 e. The van der Waals surface area contributed by atoms with Gasteiger partial charge in [0, 0.05) is 14.1 Å². The third-order valence-corrected chi connectivity index (χ3v) is 2.93. The number of carbonyl (C=O) groups excluding carboxylic acids is 1. The highest BCUT2D eigenvalue weighted by Gasteiger charge is 2.23. The van der Waals surface area contributed by atoms with Crippen LogP contribution in [0.25, 0.3) is 0 Å². The van der Waals surface area contributed by atoms with Crippen molar-refractivity contribution >= 4 is 34.9 Å². The second kappa shape index (κ2) is 6.16. The Balaban J connectivity index is 3.46. The summed E-state index contributed by atoms with van der Waals surface area (Å²) in [5, 5.41) is 0.564. The Bertz CT molecular complexity index is 461. The van der Waals surface area contributed by atoms with Crippen molar-refractivity contribution in [3.8, 4) is 5.75 Å². The molecule has 0 aromatic heterocycles. The number of hydrogen-bond donors (Lipinski definition) is 0. The van der Waals surface area contributed by atoms with E-state index in [-0.39, 0.29) is 16.7 Å². The molecule has 0 atom stereocenters. The lowest BCUT2D eigenvalue weighted by molar-refractivity contribution is 0.0527. The summed E-state index contributed by atoms with van der Waals surface area (Å²) in [6, 6.07) is 1.50. The lowest BCUT2D eigenvalue weighted by Gasteiger charge is -2.20. The van der Waals surface area contributed by atoms with Crippen molar-refractivity contribution in [1.29, 1.82) is 0 Å². The van der Waals surface area contributed by atoms with Crippen LogP contribution in [0.4, 0.5) is 5.69 Å². The molecule has 1 aromatic rings. The summed E-state index contributed by atoms with van der Waals surface area (Å²) in [5.74, 6) is -0.122. The van der Waals surface area contributed by atoms with E-state index in [0.29, 0.717) is 17.0 Å². The molecule has 100 valence electrons. The van der Waals surface area contributed by atoms with Gasteiger partial charge in [0.15, 0.2) is 5.75 Å². The minimum absolute atomic E-state index is 0.274. The number of halogens is 2.